The maximum Gasteiger partial charge on any atom is 0.328 e. The summed E-state index contributed by atoms with van der Waals surface area (Å²) in [7, 11) is 0. The van der Waals surface area contributed by atoms with Crippen LogP contribution < -0.4 is 4.74 Å². The number of rotatable bonds is 5. The van der Waals surface area contributed by atoms with Gasteiger partial charge in [-0.15, -0.1) is 11.3 Å². The van der Waals surface area contributed by atoms with Crippen LogP contribution in [-0.2, 0) is 11.4 Å². The van der Waals surface area contributed by atoms with Crippen LogP contribution in [-0.4, -0.2) is 16.1 Å². The Morgan fingerprint density at radius 2 is 2.26 bits per heavy atom. The number of thiazole rings is 1. The van der Waals surface area contributed by atoms with Gasteiger partial charge in [0.1, 0.15) is 12.4 Å². The summed E-state index contributed by atoms with van der Waals surface area (Å²) in [6.07, 6.45) is 2.61. The number of nitrogens with zero attached hydrogens (tertiary/aromatic N) is 1. The minimum absolute atomic E-state index is 0.377. The van der Waals surface area contributed by atoms with Gasteiger partial charge >= 0.3 is 5.97 Å². The normalized spacial score (nSPS) is 10.8. The lowest BCUT2D eigenvalue weighted by molar-refractivity contribution is -0.131. The summed E-state index contributed by atoms with van der Waals surface area (Å²) in [5, 5.41) is 11.6. The van der Waals surface area contributed by atoms with Crippen LogP contribution >= 0.6 is 11.3 Å². The Bertz CT molecular complexity index is 604. The zero-order valence-corrected chi connectivity index (χ0v) is 11.2. The number of ether oxygens (including phenoxy) is 1. The highest BCUT2D eigenvalue weighted by Crippen LogP contribution is 2.21. The molecule has 0 atom stereocenters. The van der Waals surface area contributed by atoms with E-state index in [2.05, 4.69) is 4.98 Å². The van der Waals surface area contributed by atoms with Gasteiger partial charge in [-0.2, -0.15) is 0 Å². The van der Waals surface area contributed by atoms with E-state index in [4.69, 9.17) is 9.84 Å². The number of aromatic nitrogens is 1. The Morgan fingerprint density at radius 3 is 2.95 bits per heavy atom. The molecule has 0 aliphatic rings. The van der Waals surface area contributed by atoms with Crippen LogP contribution in [0.3, 0.4) is 0 Å². The van der Waals surface area contributed by atoms with Crippen LogP contribution in [0.25, 0.3) is 6.08 Å². The summed E-state index contributed by atoms with van der Waals surface area (Å²) in [6, 6.07) is 7.29. The molecule has 98 valence electrons. The molecule has 5 heteroatoms. The van der Waals surface area contributed by atoms with Gasteiger partial charge < -0.3 is 9.84 Å². The number of aliphatic carboxylic acids is 1. The Morgan fingerprint density at radius 1 is 1.47 bits per heavy atom. The van der Waals surface area contributed by atoms with Crippen molar-refractivity contribution in [3.63, 3.8) is 0 Å². The highest BCUT2D eigenvalue weighted by molar-refractivity contribution is 7.09. The van der Waals surface area contributed by atoms with E-state index in [9.17, 15) is 4.79 Å². The van der Waals surface area contributed by atoms with Gasteiger partial charge in [-0.25, -0.2) is 9.78 Å². The molecule has 2 rings (SSSR count). The second-order valence-electron chi connectivity index (χ2n) is 3.86. The molecule has 1 aromatic heterocycles. The largest absolute Gasteiger partial charge is 0.487 e. The third kappa shape index (κ3) is 3.93. The number of para-hydroxylation sites is 1. The molecule has 0 aliphatic carbocycles. The number of carboxylic acid groups (broad SMARTS) is 1. The number of aryl methyl sites for hydroxylation is 1. The van der Waals surface area contributed by atoms with Gasteiger partial charge in [-0.05, 0) is 19.1 Å². The van der Waals surface area contributed by atoms with Crippen LogP contribution in [0.15, 0.2) is 35.7 Å². The fourth-order valence-corrected chi connectivity index (χ4v) is 2.13. The molecule has 0 saturated heterocycles. The van der Waals surface area contributed by atoms with Crippen LogP contribution in [0.1, 0.15) is 16.3 Å². The molecule has 1 N–H and O–H groups in total. The van der Waals surface area contributed by atoms with Gasteiger partial charge in [0.05, 0.1) is 10.7 Å². The molecule has 0 aliphatic heterocycles. The van der Waals surface area contributed by atoms with Crippen molar-refractivity contribution in [3.8, 4) is 5.75 Å². The molecule has 1 heterocycles. The monoisotopic (exact) mass is 275 g/mol. The van der Waals surface area contributed by atoms with Gasteiger partial charge in [-0.1, -0.05) is 18.2 Å². The van der Waals surface area contributed by atoms with Crippen molar-refractivity contribution in [2.24, 2.45) is 0 Å². The maximum atomic E-state index is 10.5. The number of carbonyl (C=O) groups is 1. The first-order valence-electron chi connectivity index (χ1n) is 5.69. The predicted molar refractivity (Wildman–Crippen MR) is 74.3 cm³/mol. The molecule has 0 radical (unpaired) electrons. The molecule has 0 bridgehead atoms. The van der Waals surface area contributed by atoms with Crippen LogP contribution in [0, 0.1) is 6.92 Å². The van der Waals surface area contributed by atoms with Gasteiger partial charge in [0.25, 0.3) is 0 Å². The van der Waals surface area contributed by atoms with Crippen LogP contribution in [0.5, 0.6) is 5.75 Å². The molecule has 1 aromatic carbocycles. The SMILES string of the molecule is Cc1nc(COc2ccccc2/C=C/C(=O)O)cs1. The smallest absolute Gasteiger partial charge is 0.328 e. The van der Waals surface area contributed by atoms with Crippen molar-refractivity contribution >= 4 is 23.4 Å². The Kier molecular flexibility index (Phi) is 4.30. The third-order valence-electron chi connectivity index (χ3n) is 2.37. The summed E-state index contributed by atoms with van der Waals surface area (Å²) in [6.45, 7) is 2.32. The van der Waals surface area contributed by atoms with Gasteiger partial charge in [0, 0.05) is 17.0 Å². The second-order valence-corrected chi connectivity index (χ2v) is 4.92. The predicted octanol–water partition coefficient (Wildman–Crippen LogP) is 3.13. The number of hydrogen-bond donors (Lipinski definition) is 1. The van der Waals surface area contributed by atoms with E-state index in [1.54, 1.807) is 23.5 Å². The minimum atomic E-state index is -0.982. The lowest BCUT2D eigenvalue weighted by Crippen LogP contribution is -1.97. The highest BCUT2D eigenvalue weighted by atomic mass is 32.1. The van der Waals surface area contributed by atoms with Gasteiger partial charge in [0.2, 0.25) is 0 Å². The van der Waals surface area contributed by atoms with Gasteiger partial charge in [-0.3, -0.25) is 0 Å². The first-order valence-corrected chi connectivity index (χ1v) is 6.57. The zero-order chi connectivity index (χ0) is 13.7. The number of benzene rings is 1. The first-order chi connectivity index (χ1) is 9.15. The number of carboxylic acids is 1. The fourth-order valence-electron chi connectivity index (χ4n) is 1.54. The van der Waals surface area contributed by atoms with Gasteiger partial charge in [0.15, 0.2) is 0 Å². The Balaban J connectivity index is 2.09. The summed E-state index contributed by atoms with van der Waals surface area (Å²) in [5.41, 5.74) is 1.61. The highest BCUT2D eigenvalue weighted by Gasteiger charge is 2.03. The molecule has 0 amide bonds. The average molecular weight is 275 g/mol. The third-order valence-corrected chi connectivity index (χ3v) is 3.19. The Labute approximate surface area is 115 Å². The maximum absolute atomic E-state index is 10.5. The molecule has 4 nitrogen and oxygen atoms in total. The van der Waals surface area contributed by atoms with Crippen LogP contribution in [0.4, 0.5) is 0 Å². The van der Waals surface area contributed by atoms with E-state index >= 15 is 0 Å². The van der Waals surface area contributed by atoms with Crippen LogP contribution in [0.2, 0.25) is 0 Å². The van der Waals surface area contributed by atoms with Crippen molar-refractivity contribution in [3.05, 3.63) is 52.0 Å². The quantitative estimate of drug-likeness (QED) is 0.852. The summed E-state index contributed by atoms with van der Waals surface area (Å²) in [5.74, 6) is -0.337. The minimum Gasteiger partial charge on any atom is -0.487 e. The van der Waals surface area contributed by atoms with Crippen molar-refractivity contribution in [2.45, 2.75) is 13.5 Å². The average Bonchev–Trinajstić information content (AvgIpc) is 2.80. The first kappa shape index (κ1) is 13.3. The van der Waals surface area contributed by atoms with E-state index < -0.39 is 5.97 Å². The number of hydrogen-bond acceptors (Lipinski definition) is 4. The Hall–Kier alpha value is -2.14. The van der Waals surface area contributed by atoms with Crippen molar-refractivity contribution < 1.29 is 14.6 Å². The molecule has 2 aromatic rings. The molecular weight excluding hydrogens is 262 g/mol. The van der Waals surface area contributed by atoms with E-state index in [0.717, 1.165) is 22.3 Å². The standard InChI is InChI=1S/C14H13NO3S/c1-10-15-12(9-19-10)8-18-13-5-3-2-4-11(13)6-7-14(16)17/h2-7,9H,8H2,1H3,(H,16,17)/b7-6+. The molecular formula is C14H13NO3S. The summed E-state index contributed by atoms with van der Waals surface area (Å²) < 4.78 is 5.67. The molecule has 0 spiro atoms. The molecule has 0 saturated carbocycles. The van der Waals surface area contributed by atoms with Crippen molar-refractivity contribution in [1.29, 1.82) is 0 Å². The van der Waals surface area contributed by atoms with E-state index in [1.807, 2.05) is 24.4 Å². The van der Waals surface area contributed by atoms with E-state index in [0.29, 0.717) is 12.4 Å². The fraction of sp³-hybridized carbons (Fsp3) is 0.143. The molecule has 19 heavy (non-hydrogen) atoms. The zero-order valence-electron chi connectivity index (χ0n) is 10.4. The van der Waals surface area contributed by atoms with Crippen molar-refractivity contribution in [1.82, 2.24) is 4.98 Å². The molecule has 0 fully saturated rings. The lowest BCUT2D eigenvalue weighted by atomic mass is 10.2. The van der Waals surface area contributed by atoms with Crippen molar-refractivity contribution in [2.75, 3.05) is 0 Å². The van der Waals surface area contributed by atoms with E-state index in [-0.39, 0.29) is 0 Å². The lowest BCUT2D eigenvalue weighted by Gasteiger charge is -2.07. The molecule has 0 unspecified atom stereocenters. The summed E-state index contributed by atoms with van der Waals surface area (Å²) in [4.78, 5) is 14.8. The second kappa shape index (κ2) is 6.15. The van der Waals surface area contributed by atoms with E-state index in [1.165, 1.54) is 6.08 Å². The summed E-state index contributed by atoms with van der Waals surface area (Å²) >= 11 is 1.58. The topological polar surface area (TPSA) is 59.4 Å².